The van der Waals surface area contributed by atoms with Crippen LogP contribution in [0, 0.1) is 23.7 Å². The molecule has 0 aromatic heterocycles. The van der Waals surface area contributed by atoms with E-state index in [0.29, 0.717) is 0 Å². The third-order valence-corrected chi connectivity index (χ3v) is 5.25. The molecule has 1 heterocycles. The van der Waals surface area contributed by atoms with Crippen LogP contribution >= 0.6 is 0 Å². The number of hydrogen-bond acceptors (Lipinski definition) is 2. The first-order chi connectivity index (χ1) is 7.75. The lowest BCUT2D eigenvalue weighted by Gasteiger charge is -2.56. The highest BCUT2D eigenvalue weighted by atomic mass is 16.5. The Kier molecular flexibility index (Phi) is 2.97. The summed E-state index contributed by atoms with van der Waals surface area (Å²) in [5.41, 5.74) is 0. The minimum atomic E-state index is 0.884. The van der Waals surface area contributed by atoms with Gasteiger partial charge in [0.2, 0.25) is 0 Å². The molecule has 3 saturated carbocycles. The Morgan fingerprint density at radius 3 is 2.31 bits per heavy atom. The van der Waals surface area contributed by atoms with E-state index in [0.717, 1.165) is 42.9 Å². The van der Waals surface area contributed by atoms with Crippen molar-refractivity contribution in [2.75, 3.05) is 26.3 Å². The summed E-state index contributed by atoms with van der Waals surface area (Å²) in [6.45, 7) is 9.10. The summed E-state index contributed by atoms with van der Waals surface area (Å²) in [6, 6.07) is 0.890. The fourth-order valence-corrected chi connectivity index (χ4v) is 4.21. The molecule has 0 aromatic carbocycles. The average Bonchev–Trinajstić information content (AvgIpc) is 2.28. The van der Waals surface area contributed by atoms with E-state index in [1.807, 2.05) is 0 Å². The Bertz CT molecular complexity index is 241. The number of hydrogen-bond donors (Lipinski definition) is 0. The number of ether oxygens (including phenoxy) is 1. The van der Waals surface area contributed by atoms with Crippen LogP contribution in [0.5, 0.6) is 0 Å². The summed E-state index contributed by atoms with van der Waals surface area (Å²) in [7, 11) is 0. The summed E-state index contributed by atoms with van der Waals surface area (Å²) in [6.07, 6.45) is 4.50. The van der Waals surface area contributed by atoms with E-state index in [1.165, 1.54) is 32.4 Å². The first-order valence-electron chi connectivity index (χ1n) is 7.07. The van der Waals surface area contributed by atoms with Crippen LogP contribution < -0.4 is 0 Å². The second-order valence-corrected chi connectivity index (χ2v) is 6.35. The molecular weight excluding hydrogens is 198 g/mol. The van der Waals surface area contributed by atoms with Crippen molar-refractivity contribution in [3.8, 4) is 0 Å². The van der Waals surface area contributed by atoms with E-state index < -0.39 is 0 Å². The first kappa shape index (κ1) is 11.0. The largest absolute Gasteiger partial charge is 0.379 e. The molecule has 4 rings (SSSR count). The highest BCUT2D eigenvalue weighted by molar-refractivity contribution is 5.00. The van der Waals surface area contributed by atoms with Crippen molar-refractivity contribution in [3.05, 3.63) is 0 Å². The minimum absolute atomic E-state index is 0.884. The quantitative estimate of drug-likeness (QED) is 0.713. The van der Waals surface area contributed by atoms with Crippen molar-refractivity contribution in [1.29, 1.82) is 0 Å². The number of rotatable bonds is 2. The summed E-state index contributed by atoms with van der Waals surface area (Å²) < 4.78 is 5.47. The monoisotopic (exact) mass is 223 g/mol. The van der Waals surface area contributed by atoms with Crippen LogP contribution in [-0.4, -0.2) is 37.2 Å². The molecule has 1 saturated heterocycles. The van der Waals surface area contributed by atoms with Crippen LogP contribution in [0.1, 0.15) is 33.1 Å². The molecule has 92 valence electrons. The minimum Gasteiger partial charge on any atom is -0.379 e. The van der Waals surface area contributed by atoms with E-state index in [4.69, 9.17) is 4.74 Å². The van der Waals surface area contributed by atoms with Crippen LogP contribution in [0.3, 0.4) is 0 Å². The van der Waals surface area contributed by atoms with Gasteiger partial charge in [0.15, 0.2) is 0 Å². The van der Waals surface area contributed by atoms with E-state index in [2.05, 4.69) is 18.7 Å². The average molecular weight is 223 g/mol. The zero-order valence-electron chi connectivity index (χ0n) is 10.7. The van der Waals surface area contributed by atoms with Gasteiger partial charge in [0.1, 0.15) is 0 Å². The standard InChI is InChI=1S/C14H25NO/c1-10(2)13-9-14(12-7-11(13)8-12)15-3-5-16-6-4-15/h10-14H,3-9H2,1-2H3. The molecule has 0 N–H and O–H groups in total. The van der Waals surface area contributed by atoms with Gasteiger partial charge in [-0.05, 0) is 42.9 Å². The van der Waals surface area contributed by atoms with Gasteiger partial charge in [-0.3, -0.25) is 4.90 Å². The van der Waals surface area contributed by atoms with Gasteiger partial charge in [0.25, 0.3) is 0 Å². The van der Waals surface area contributed by atoms with E-state index in [-0.39, 0.29) is 0 Å². The van der Waals surface area contributed by atoms with Crippen LogP contribution in [0.4, 0.5) is 0 Å². The maximum Gasteiger partial charge on any atom is 0.0594 e. The molecule has 2 bridgehead atoms. The van der Waals surface area contributed by atoms with Gasteiger partial charge < -0.3 is 4.74 Å². The smallest absolute Gasteiger partial charge is 0.0594 e. The molecule has 0 aromatic rings. The summed E-state index contributed by atoms with van der Waals surface area (Å²) >= 11 is 0. The van der Waals surface area contributed by atoms with Crippen LogP contribution in [0.25, 0.3) is 0 Å². The Morgan fingerprint density at radius 1 is 1.00 bits per heavy atom. The summed E-state index contributed by atoms with van der Waals surface area (Å²) in [5, 5.41) is 0. The third-order valence-electron chi connectivity index (χ3n) is 5.25. The highest BCUT2D eigenvalue weighted by Gasteiger charge is 2.48. The predicted octanol–water partition coefficient (Wildman–Crippen LogP) is 2.39. The predicted molar refractivity (Wildman–Crippen MR) is 65.3 cm³/mol. The third kappa shape index (κ3) is 1.80. The van der Waals surface area contributed by atoms with Crippen molar-refractivity contribution in [2.24, 2.45) is 23.7 Å². The van der Waals surface area contributed by atoms with Crippen LogP contribution in [0.15, 0.2) is 0 Å². The van der Waals surface area contributed by atoms with Crippen molar-refractivity contribution in [2.45, 2.75) is 39.2 Å². The normalized spacial score (nSPS) is 44.4. The molecule has 2 nitrogen and oxygen atoms in total. The number of nitrogens with zero attached hydrogens (tertiary/aromatic N) is 1. The van der Waals surface area contributed by atoms with Gasteiger partial charge in [0.05, 0.1) is 13.2 Å². The molecule has 16 heavy (non-hydrogen) atoms. The summed E-state index contributed by atoms with van der Waals surface area (Å²) in [4.78, 5) is 2.72. The van der Waals surface area contributed by atoms with E-state index >= 15 is 0 Å². The molecule has 1 aliphatic heterocycles. The molecule has 3 aliphatic carbocycles. The zero-order chi connectivity index (χ0) is 11.1. The number of fused-ring (bicyclic) bond motifs is 2. The van der Waals surface area contributed by atoms with Crippen molar-refractivity contribution >= 4 is 0 Å². The molecular formula is C14H25NO. The van der Waals surface area contributed by atoms with Crippen LogP contribution in [-0.2, 0) is 4.74 Å². The molecule has 4 fully saturated rings. The van der Waals surface area contributed by atoms with Gasteiger partial charge >= 0.3 is 0 Å². The van der Waals surface area contributed by atoms with Gasteiger partial charge in [-0.2, -0.15) is 0 Å². The Labute approximate surface area is 99.3 Å². The second kappa shape index (κ2) is 4.30. The fraction of sp³-hybridized carbons (Fsp3) is 1.00. The molecule has 0 spiro atoms. The SMILES string of the molecule is CC(C)C1CC(N2CCOCC2)C2CC1C2. The van der Waals surface area contributed by atoms with Crippen molar-refractivity contribution in [3.63, 3.8) is 0 Å². The highest BCUT2D eigenvalue weighted by Crippen LogP contribution is 2.52. The Balaban J connectivity index is 1.66. The molecule has 2 heteroatoms. The number of morpholine rings is 1. The maximum atomic E-state index is 5.47. The summed E-state index contributed by atoms with van der Waals surface area (Å²) in [5.74, 6) is 3.98. The molecule has 0 amide bonds. The fourth-order valence-electron chi connectivity index (χ4n) is 4.21. The Hall–Kier alpha value is -0.0800. The van der Waals surface area contributed by atoms with Gasteiger partial charge in [0, 0.05) is 19.1 Å². The lowest BCUT2D eigenvalue weighted by molar-refractivity contribution is -0.0810. The topological polar surface area (TPSA) is 12.5 Å². The zero-order valence-corrected chi connectivity index (χ0v) is 10.7. The van der Waals surface area contributed by atoms with Gasteiger partial charge in [-0.25, -0.2) is 0 Å². The Morgan fingerprint density at radius 2 is 1.69 bits per heavy atom. The van der Waals surface area contributed by atoms with Gasteiger partial charge in [-0.15, -0.1) is 0 Å². The van der Waals surface area contributed by atoms with E-state index in [9.17, 15) is 0 Å². The second-order valence-electron chi connectivity index (χ2n) is 6.35. The van der Waals surface area contributed by atoms with Crippen LogP contribution in [0.2, 0.25) is 0 Å². The maximum absolute atomic E-state index is 5.47. The van der Waals surface area contributed by atoms with E-state index in [1.54, 1.807) is 0 Å². The molecule has 4 aliphatic rings. The van der Waals surface area contributed by atoms with Gasteiger partial charge in [-0.1, -0.05) is 13.8 Å². The molecule has 0 radical (unpaired) electrons. The molecule has 2 unspecified atom stereocenters. The lowest BCUT2D eigenvalue weighted by atomic mass is 9.55. The lowest BCUT2D eigenvalue weighted by Crippen LogP contribution is -2.56. The van der Waals surface area contributed by atoms with Crippen molar-refractivity contribution < 1.29 is 4.74 Å². The van der Waals surface area contributed by atoms with Crippen molar-refractivity contribution in [1.82, 2.24) is 4.90 Å². The first-order valence-corrected chi connectivity index (χ1v) is 7.07. The molecule has 2 atom stereocenters.